The molecular formula is C24H25NO3. The summed E-state index contributed by atoms with van der Waals surface area (Å²) in [6.07, 6.45) is 6.94. The van der Waals surface area contributed by atoms with E-state index in [0.717, 1.165) is 35.7 Å². The summed E-state index contributed by atoms with van der Waals surface area (Å²) in [5.74, 6) is 1.55. The maximum absolute atomic E-state index is 11.3. The van der Waals surface area contributed by atoms with Crippen molar-refractivity contribution in [3.05, 3.63) is 77.6 Å². The lowest BCUT2D eigenvalue weighted by atomic mass is 9.97. The third-order valence-corrected chi connectivity index (χ3v) is 5.35. The lowest BCUT2D eigenvalue weighted by Gasteiger charge is -2.34. The van der Waals surface area contributed by atoms with Crippen molar-refractivity contribution in [2.24, 2.45) is 0 Å². The first-order chi connectivity index (χ1) is 13.7. The van der Waals surface area contributed by atoms with Gasteiger partial charge in [0.05, 0.1) is 13.2 Å². The maximum atomic E-state index is 11.3. The Kier molecular flexibility index (Phi) is 5.58. The molecule has 1 aromatic rings. The van der Waals surface area contributed by atoms with Crippen LogP contribution in [-0.4, -0.2) is 31.1 Å². The smallest absolute Gasteiger partial charge is 0.330 e. The Balaban J connectivity index is 1.66. The first-order valence-corrected chi connectivity index (χ1v) is 9.83. The van der Waals surface area contributed by atoms with Gasteiger partial charge in [-0.3, -0.25) is 4.90 Å². The second kappa shape index (κ2) is 8.44. The molecule has 1 saturated heterocycles. The van der Waals surface area contributed by atoms with Crippen molar-refractivity contribution in [1.82, 2.24) is 4.90 Å². The summed E-state index contributed by atoms with van der Waals surface area (Å²) in [5.41, 5.74) is 3.30. The topological polar surface area (TPSA) is 42.7 Å². The summed E-state index contributed by atoms with van der Waals surface area (Å²) in [5, 5.41) is 0. The maximum Gasteiger partial charge on any atom is 0.330 e. The molecule has 0 radical (unpaired) electrons. The SMILES string of the molecule is COC(=O)/C=C/c1ccc(C(c2ccc3cccc-3o2)N2CCCCC2)cc1. The van der Waals surface area contributed by atoms with Crippen molar-refractivity contribution in [1.29, 1.82) is 0 Å². The summed E-state index contributed by atoms with van der Waals surface area (Å²) in [7, 11) is 1.38. The summed E-state index contributed by atoms with van der Waals surface area (Å²) < 4.78 is 10.9. The van der Waals surface area contributed by atoms with Crippen LogP contribution in [0, 0.1) is 0 Å². The molecule has 1 atom stereocenters. The molecule has 1 aromatic carbocycles. The summed E-state index contributed by atoms with van der Waals surface area (Å²) in [4.78, 5) is 13.8. The second-order valence-electron chi connectivity index (χ2n) is 7.21. The average Bonchev–Trinajstić information content (AvgIpc) is 3.22. The molecule has 3 aliphatic rings. The van der Waals surface area contributed by atoms with E-state index in [0.29, 0.717) is 0 Å². The van der Waals surface area contributed by atoms with E-state index in [9.17, 15) is 4.79 Å². The number of rotatable bonds is 5. The first-order valence-electron chi connectivity index (χ1n) is 9.83. The van der Waals surface area contributed by atoms with Crippen LogP contribution in [0.15, 0.2) is 65.1 Å². The van der Waals surface area contributed by atoms with Crippen molar-refractivity contribution >= 4 is 12.0 Å². The molecule has 4 nitrogen and oxygen atoms in total. The minimum atomic E-state index is -0.350. The number of carbonyl (C=O) groups excluding carboxylic acids is 1. The van der Waals surface area contributed by atoms with Gasteiger partial charge in [-0.2, -0.15) is 0 Å². The fraction of sp³-hybridized carbons (Fsp3) is 0.292. The highest BCUT2D eigenvalue weighted by atomic mass is 16.5. The van der Waals surface area contributed by atoms with Crippen molar-refractivity contribution in [3.63, 3.8) is 0 Å². The van der Waals surface area contributed by atoms with Crippen molar-refractivity contribution in [2.45, 2.75) is 25.3 Å². The van der Waals surface area contributed by atoms with Crippen LogP contribution in [0.4, 0.5) is 0 Å². The third-order valence-electron chi connectivity index (χ3n) is 5.35. The minimum Gasteiger partial charge on any atom is -0.466 e. The molecule has 0 amide bonds. The van der Waals surface area contributed by atoms with Gasteiger partial charge in [-0.05, 0) is 61.3 Å². The molecule has 0 spiro atoms. The molecule has 28 heavy (non-hydrogen) atoms. The van der Waals surface area contributed by atoms with Crippen LogP contribution in [0.25, 0.3) is 17.4 Å². The number of benzene rings is 1. The number of likely N-dealkylation sites (tertiary alicyclic amines) is 1. The van der Waals surface area contributed by atoms with E-state index in [2.05, 4.69) is 40.0 Å². The van der Waals surface area contributed by atoms with Gasteiger partial charge in [0, 0.05) is 11.6 Å². The highest BCUT2D eigenvalue weighted by Crippen LogP contribution is 2.35. The number of hydrogen-bond donors (Lipinski definition) is 0. The number of fused-ring (bicyclic) bond motifs is 1. The van der Waals surface area contributed by atoms with Crippen molar-refractivity contribution in [3.8, 4) is 11.3 Å². The molecule has 0 bridgehead atoms. The van der Waals surface area contributed by atoms with Crippen molar-refractivity contribution in [2.75, 3.05) is 20.2 Å². The Morgan fingerprint density at radius 1 is 1.04 bits per heavy atom. The highest BCUT2D eigenvalue weighted by molar-refractivity contribution is 5.86. The summed E-state index contributed by atoms with van der Waals surface area (Å²) in [6.45, 7) is 2.15. The van der Waals surface area contributed by atoms with Gasteiger partial charge in [0.15, 0.2) is 0 Å². The minimum absolute atomic E-state index is 0.0956. The fourth-order valence-electron chi connectivity index (χ4n) is 3.88. The van der Waals surface area contributed by atoms with Crippen LogP contribution in [0.2, 0.25) is 0 Å². The van der Waals surface area contributed by atoms with Crippen LogP contribution >= 0.6 is 0 Å². The molecule has 2 aliphatic heterocycles. The van der Waals surface area contributed by atoms with E-state index in [-0.39, 0.29) is 12.0 Å². The average molecular weight is 375 g/mol. The number of nitrogens with zero attached hydrogens (tertiary/aromatic N) is 1. The van der Waals surface area contributed by atoms with E-state index in [1.54, 1.807) is 6.08 Å². The molecule has 1 fully saturated rings. The normalized spacial score (nSPS) is 16.5. The Morgan fingerprint density at radius 3 is 2.57 bits per heavy atom. The number of piperidine rings is 1. The molecule has 4 heteroatoms. The van der Waals surface area contributed by atoms with E-state index in [1.165, 1.54) is 38.0 Å². The molecule has 4 rings (SSSR count). The predicted octanol–water partition coefficient (Wildman–Crippen LogP) is 5.15. The van der Waals surface area contributed by atoms with Gasteiger partial charge in [0.2, 0.25) is 0 Å². The molecule has 144 valence electrons. The first kappa shape index (κ1) is 18.5. The molecule has 2 heterocycles. The van der Waals surface area contributed by atoms with Gasteiger partial charge in [-0.15, -0.1) is 0 Å². The van der Waals surface area contributed by atoms with Crippen LogP contribution < -0.4 is 0 Å². The monoisotopic (exact) mass is 375 g/mol. The van der Waals surface area contributed by atoms with Crippen LogP contribution in [0.5, 0.6) is 0 Å². The van der Waals surface area contributed by atoms with Gasteiger partial charge < -0.3 is 9.15 Å². The largest absolute Gasteiger partial charge is 0.466 e. The van der Waals surface area contributed by atoms with Crippen LogP contribution in [0.1, 0.15) is 42.2 Å². The number of esters is 1. The molecule has 0 N–H and O–H groups in total. The molecular weight excluding hydrogens is 350 g/mol. The molecule has 0 aromatic heterocycles. The van der Waals surface area contributed by atoms with Gasteiger partial charge in [0.1, 0.15) is 11.5 Å². The zero-order chi connectivity index (χ0) is 19.3. The second-order valence-corrected chi connectivity index (χ2v) is 7.21. The molecule has 1 aliphatic carbocycles. The van der Waals surface area contributed by atoms with Crippen LogP contribution in [-0.2, 0) is 9.53 Å². The summed E-state index contributed by atoms with van der Waals surface area (Å²) >= 11 is 0. The Labute approximate surface area is 165 Å². The van der Waals surface area contributed by atoms with Crippen molar-refractivity contribution < 1.29 is 13.9 Å². The lowest BCUT2D eigenvalue weighted by molar-refractivity contribution is -0.134. The van der Waals surface area contributed by atoms with E-state index >= 15 is 0 Å². The lowest BCUT2D eigenvalue weighted by Crippen LogP contribution is -2.34. The predicted molar refractivity (Wildman–Crippen MR) is 110 cm³/mol. The van der Waals surface area contributed by atoms with Gasteiger partial charge in [-0.1, -0.05) is 42.8 Å². The molecule has 0 saturated carbocycles. The van der Waals surface area contributed by atoms with Gasteiger partial charge in [0.25, 0.3) is 0 Å². The summed E-state index contributed by atoms with van der Waals surface area (Å²) in [6, 6.07) is 18.8. The number of carbonyl (C=O) groups is 1. The highest BCUT2D eigenvalue weighted by Gasteiger charge is 2.26. The van der Waals surface area contributed by atoms with E-state index in [4.69, 9.17) is 4.42 Å². The Bertz CT molecular complexity index is 919. The zero-order valence-corrected chi connectivity index (χ0v) is 16.1. The van der Waals surface area contributed by atoms with Gasteiger partial charge >= 0.3 is 5.97 Å². The Morgan fingerprint density at radius 2 is 1.82 bits per heavy atom. The fourth-order valence-corrected chi connectivity index (χ4v) is 3.88. The van der Waals surface area contributed by atoms with E-state index in [1.807, 2.05) is 24.3 Å². The zero-order valence-electron chi connectivity index (χ0n) is 16.1. The number of hydrogen-bond acceptors (Lipinski definition) is 4. The van der Waals surface area contributed by atoms with E-state index < -0.39 is 0 Å². The molecule has 1 unspecified atom stereocenters. The Hall–Kier alpha value is -2.85. The number of ether oxygens (including phenoxy) is 1. The number of methoxy groups -OCH3 is 1. The third kappa shape index (κ3) is 4.02. The van der Waals surface area contributed by atoms with Crippen LogP contribution in [0.3, 0.4) is 0 Å². The van der Waals surface area contributed by atoms with Gasteiger partial charge in [-0.25, -0.2) is 4.79 Å². The standard InChI is InChI=1S/C24H25NO3/c1-27-23(26)15-10-18-8-11-20(12-9-18)24(25-16-3-2-4-17-25)22-14-13-19-6-5-7-21(19)28-22/h5-15,24H,2-4,16-17H2,1H3/b15-10+. The quantitative estimate of drug-likeness (QED) is 0.457.